The van der Waals surface area contributed by atoms with Crippen LogP contribution in [0.15, 0.2) is 111 Å². The van der Waals surface area contributed by atoms with Gasteiger partial charge in [0.1, 0.15) is 22.7 Å². The average molecular weight is 459 g/mol. The minimum atomic E-state index is -0.389. The summed E-state index contributed by atoms with van der Waals surface area (Å²) in [5.41, 5.74) is 6.50. The van der Waals surface area contributed by atoms with Crippen LogP contribution in [0.3, 0.4) is 0 Å². The molecular formula is C31H22O4. The predicted octanol–water partition coefficient (Wildman–Crippen LogP) is 7.86. The molecule has 4 aromatic carbocycles. The summed E-state index contributed by atoms with van der Waals surface area (Å²) in [5.74, 6) is 1.56. The van der Waals surface area contributed by atoms with Crippen molar-refractivity contribution in [2.45, 2.75) is 6.92 Å². The van der Waals surface area contributed by atoms with Gasteiger partial charge in [0.25, 0.3) is 0 Å². The maximum atomic E-state index is 12.5. The van der Waals surface area contributed by atoms with Gasteiger partial charge in [-0.2, -0.15) is 0 Å². The molecule has 2 aromatic heterocycles. The van der Waals surface area contributed by atoms with Gasteiger partial charge in [-0.05, 0) is 41.8 Å². The minimum absolute atomic E-state index is 0.389. The van der Waals surface area contributed by atoms with E-state index in [4.69, 9.17) is 13.6 Å². The fourth-order valence-corrected chi connectivity index (χ4v) is 4.77. The van der Waals surface area contributed by atoms with Gasteiger partial charge in [0, 0.05) is 28.1 Å². The molecule has 0 fully saturated rings. The number of fused-ring (bicyclic) bond motifs is 3. The highest BCUT2D eigenvalue weighted by Gasteiger charge is 2.24. The molecule has 35 heavy (non-hydrogen) atoms. The first kappa shape index (κ1) is 21.0. The Bertz CT molecular complexity index is 1730. The molecule has 4 nitrogen and oxygen atoms in total. The van der Waals surface area contributed by atoms with Gasteiger partial charge in [-0.3, -0.25) is 0 Å². The number of ether oxygens (including phenoxy) is 1. The van der Waals surface area contributed by atoms with E-state index in [1.165, 1.54) is 0 Å². The Morgan fingerprint density at radius 3 is 2.00 bits per heavy atom. The molecule has 0 aliphatic rings. The van der Waals surface area contributed by atoms with Gasteiger partial charge in [0.2, 0.25) is 0 Å². The molecule has 4 heteroatoms. The van der Waals surface area contributed by atoms with E-state index < -0.39 is 0 Å². The van der Waals surface area contributed by atoms with Crippen molar-refractivity contribution in [1.82, 2.24) is 0 Å². The highest BCUT2D eigenvalue weighted by molar-refractivity contribution is 6.17. The van der Waals surface area contributed by atoms with Gasteiger partial charge in [-0.15, -0.1) is 0 Å². The van der Waals surface area contributed by atoms with Crippen LogP contribution >= 0.6 is 0 Å². The van der Waals surface area contributed by atoms with Gasteiger partial charge < -0.3 is 13.6 Å². The zero-order chi connectivity index (χ0) is 23.9. The second-order valence-corrected chi connectivity index (χ2v) is 8.52. The molecule has 0 N–H and O–H groups in total. The Balaban J connectivity index is 1.78. The molecule has 2 heterocycles. The first-order valence-electron chi connectivity index (χ1n) is 11.4. The molecule has 6 aromatic rings. The summed E-state index contributed by atoms with van der Waals surface area (Å²) in [7, 11) is 1.66. The van der Waals surface area contributed by atoms with Crippen LogP contribution < -0.4 is 10.4 Å². The topological polar surface area (TPSA) is 52.6 Å². The van der Waals surface area contributed by atoms with E-state index in [2.05, 4.69) is 0 Å². The molecule has 0 unspecified atom stereocenters. The van der Waals surface area contributed by atoms with E-state index in [1.807, 2.05) is 97.9 Å². The van der Waals surface area contributed by atoms with E-state index in [-0.39, 0.29) is 5.63 Å². The first-order chi connectivity index (χ1) is 17.1. The average Bonchev–Trinajstić information content (AvgIpc) is 3.30. The van der Waals surface area contributed by atoms with E-state index in [0.29, 0.717) is 11.2 Å². The number of aryl methyl sites for hydroxylation is 1. The summed E-state index contributed by atoms with van der Waals surface area (Å²) in [6.07, 6.45) is 0. The number of rotatable bonds is 4. The second kappa shape index (κ2) is 8.33. The summed E-state index contributed by atoms with van der Waals surface area (Å²) in [6.45, 7) is 2.02. The van der Waals surface area contributed by atoms with Crippen LogP contribution in [0.2, 0.25) is 0 Å². The Kier molecular flexibility index (Phi) is 5.00. The summed E-state index contributed by atoms with van der Waals surface area (Å²) < 4.78 is 17.8. The standard InChI is InChI=1S/C31H22O4/c1-19-17-25-29(24(18-26(32)34-25)20-9-5-3-6-10-20)31-27(19)28(21-13-15-23(33-2)16-14-21)30(35-31)22-11-7-4-8-12-22/h3-18H,1-2H3. The monoisotopic (exact) mass is 458 g/mol. The van der Waals surface area contributed by atoms with Crippen molar-refractivity contribution in [3.05, 3.63) is 113 Å². The van der Waals surface area contributed by atoms with Crippen molar-refractivity contribution in [2.24, 2.45) is 0 Å². The van der Waals surface area contributed by atoms with Crippen molar-refractivity contribution >= 4 is 21.9 Å². The molecule has 6 rings (SSSR count). The van der Waals surface area contributed by atoms with Gasteiger partial charge >= 0.3 is 5.63 Å². The van der Waals surface area contributed by atoms with Crippen LogP contribution in [-0.4, -0.2) is 7.11 Å². The van der Waals surface area contributed by atoms with Crippen molar-refractivity contribution < 1.29 is 13.6 Å². The molecule has 170 valence electrons. The molecule has 0 saturated heterocycles. The Hall–Kier alpha value is -4.57. The maximum absolute atomic E-state index is 12.5. The third-order valence-corrected chi connectivity index (χ3v) is 6.37. The van der Waals surface area contributed by atoms with E-state index in [1.54, 1.807) is 13.2 Å². The Labute approximate surface area is 202 Å². The van der Waals surface area contributed by atoms with E-state index in [9.17, 15) is 4.79 Å². The molecule has 0 radical (unpaired) electrons. The third-order valence-electron chi connectivity index (χ3n) is 6.37. The number of benzene rings is 4. The molecule has 0 bridgehead atoms. The summed E-state index contributed by atoms with van der Waals surface area (Å²) >= 11 is 0. The summed E-state index contributed by atoms with van der Waals surface area (Å²) in [5, 5.41) is 1.78. The largest absolute Gasteiger partial charge is 0.497 e. The number of hydrogen-bond acceptors (Lipinski definition) is 4. The first-order valence-corrected chi connectivity index (χ1v) is 11.4. The second-order valence-electron chi connectivity index (χ2n) is 8.52. The lowest BCUT2D eigenvalue weighted by atomic mass is 9.93. The zero-order valence-electron chi connectivity index (χ0n) is 19.4. The number of furan rings is 1. The minimum Gasteiger partial charge on any atom is -0.497 e. The van der Waals surface area contributed by atoms with Crippen LogP contribution in [0.4, 0.5) is 0 Å². The molecule has 0 amide bonds. The normalized spacial score (nSPS) is 11.3. The van der Waals surface area contributed by atoms with Crippen molar-refractivity contribution in [3.8, 4) is 39.3 Å². The number of hydrogen-bond donors (Lipinski definition) is 0. The zero-order valence-corrected chi connectivity index (χ0v) is 19.4. The van der Waals surface area contributed by atoms with E-state index in [0.717, 1.165) is 55.7 Å². The van der Waals surface area contributed by atoms with Gasteiger partial charge in [0.15, 0.2) is 0 Å². The van der Waals surface area contributed by atoms with Crippen molar-refractivity contribution in [3.63, 3.8) is 0 Å². The lowest BCUT2D eigenvalue weighted by molar-refractivity contribution is 0.415. The molecule has 0 saturated carbocycles. The van der Waals surface area contributed by atoms with Crippen LogP contribution in [-0.2, 0) is 0 Å². The van der Waals surface area contributed by atoms with Gasteiger partial charge in [-0.25, -0.2) is 4.79 Å². The maximum Gasteiger partial charge on any atom is 0.336 e. The summed E-state index contributed by atoms with van der Waals surface area (Å²) in [6, 6.07) is 31.4. The van der Waals surface area contributed by atoms with Crippen LogP contribution in [0, 0.1) is 6.92 Å². The Morgan fingerprint density at radius 1 is 0.686 bits per heavy atom. The predicted molar refractivity (Wildman–Crippen MR) is 140 cm³/mol. The SMILES string of the molecule is COc1ccc(-c2c(-c3ccccc3)oc3c2c(C)cc2oc(=O)cc(-c4ccccc4)c23)cc1. The fourth-order valence-electron chi connectivity index (χ4n) is 4.77. The molecular weight excluding hydrogens is 436 g/mol. The van der Waals surface area contributed by atoms with E-state index >= 15 is 0 Å². The quantitative estimate of drug-likeness (QED) is 0.252. The molecule has 0 aliphatic heterocycles. The molecule has 0 aliphatic carbocycles. The van der Waals surface area contributed by atoms with Crippen LogP contribution in [0.1, 0.15) is 5.56 Å². The lowest BCUT2D eigenvalue weighted by Gasteiger charge is -2.09. The summed E-state index contributed by atoms with van der Waals surface area (Å²) in [4.78, 5) is 12.5. The fraction of sp³-hybridized carbons (Fsp3) is 0.0645. The smallest absolute Gasteiger partial charge is 0.336 e. The Morgan fingerprint density at radius 2 is 1.34 bits per heavy atom. The van der Waals surface area contributed by atoms with Gasteiger partial charge in [0.05, 0.1) is 12.5 Å². The van der Waals surface area contributed by atoms with Crippen molar-refractivity contribution in [2.75, 3.05) is 7.11 Å². The van der Waals surface area contributed by atoms with Crippen molar-refractivity contribution in [1.29, 1.82) is 0 Å². The highest BCUT2D eigenvalue weighted by atomic mass is 16.5. The molecule has 0 atom stereocenters. The number of methoxy groups -OCH3 is 1. The third kappa shape index (κ3) is 3.51. The molecule has 0 spiro atoms. The van der Waals surface area contributed by atoms with Crippen LogP contribution in [0.25, 0.3) is 55.5 Å². The highest BCUT2D eigenvalue weighted by Crippen LogP contribution is 2.46. The van der Waals surface area contributed by atoms with Gasteiger partial charge in [-0.1, -0.05) is 72.8 Å². The lowest BCUT2D eigenvalue weighted by Crippen LogP contribution is -1.99. The van der Waals surface area contributed by atoms with Crippen LogP contribution in [0.5, 0.6) is 5.75 Å².